The van der Waals surface area contributed by atoms with Crippen LogP contribution in [0.5, 0.6) is 5.75 Å². The minimum Gasteiger partial charge on any atom is -0.508 e. The lowest BCUT2D eigenvalue weighted by atomic mass is 9.84. The van der Waals surface area contributed by atoms with Gasteiger partial charge in [-0.1, -0.05) is 0 Å². The first-order valence-electron chi connectivity index (χ1n) is 8.16. The maximum absolute atomic E-state index is 11.5. The monoisotopic (exact) mass is 321 g/mol. The van der Waals surface area contributed by atoms with E-state index in [0.29, 0.717) is 24.7 Å². The third-order valence-corrected chi connectivity index (χ3v) is 4.78. The van der Waals surface area contributed by atoms with Crippen LogP contribution >= 0.6 is 0 Å². The zero-order valence-electron chi connectivity index (χ0n) is 13.1. The number of phenolic OH excluding ortho intramolecular Hbond substituents is 1. The number of piperazine rings is 1. The van der Waals surface area contributed by atoms with E-state index in [0.717, 1.165) is 39.0 Å². The number of nitro groups is 1. The maximum Gasteiger partial charge on any atom is 0.274 e. The third-order valence-electron chi connectivity index (χ3n) is 4.78. The smallest absolute Gasteiger partial charge is 0.274 e. The fourth-order valence-electron chi connectivity index (χ4n) is 3.69. The summed E-state index contributed by atoms with van der Waals surface area (Å²) in [5.41, 5.74) is 0.724. The number of benzene rings is 1. The number of nitro benzene ring substituents is 1. The molecule has 1 atom stereocenters. The quantitative estimate of drug-likeness (QED) is 0.648. The van der Waals surface area contributed by atoms with E-state index in [-0.39, 0.29) is 22.4 Å². The van der Waals surface area contributed by atoms with Crippen LogP contribution in [0.2, 0.25) is 0 Å². The number of hydrogen-bond donors (Lipinski definition) is 2. The highest BCUT2D eigenvalue weighted by molar-refractivity contribution is 5.47. The maximum atomic E-state index is 11.5. The van der Waals surface area contributed by atoms with Crippen molar-refractivity contribution in [3.8, 4) is 5.75 Å². The lowest BCUT2D eigenvalue weighted by Crippen LogP contribution is -2.47. The lowest BCUT2D eigenvalue weighted by Gasteiger charge is -2.40. The van der Waals surface area contributed by atoms with Crippen LogP contribution < -0.4 is 5.32 Å². The normalized spacial score (nSPS) is 21.9. The summed E-state index contributed by atoms with van der Waals surface area (Å²) in [6.07, 6.45) is 1.78. The van der Waals surface area contributed by atoms with Gasteiger partial charge in [-0.15, -0.1) is 0 Å². The van der Waals surface area contributed by atoms with E-state index < -0.39 is 0 Å². The Morgan fingerprint density at radius 2 is 2.00 bits per heavy atom. The van der Waals surface area contributed by atoms with E-state index in [9.17, 15) is 15.2 Å². The fourth-order valence-corrected chi connectivity index (χ4v) is 3.69. The molecule has 0 radical (unpaired) electrons. The molecule has 0 bridgehead atoms. The second-order valence-corrected chi connectivity index (χ2v) is 6.18. The van der Waals surface area contributed by atoms with Gasteiger partial charge in [-0.05, 0) is 30.9 Å². The Hall–Kier alpha value is -1.70. The molecule has 0 aromatic heterocycles. The molecule has 2 N–H and O–H groups in total. The Balaban J connectivity index is 1.99. The first-order valence-corrected chi connectivity index (χ1v) is 8.16. The summed E-state index contributed by atoms with van der Waals surface area (Å²) >= 11 is 0. The van der Waals surface area contributed by atoms with Crippen LogP contribution in [0.1, 0.15) is 24.4 Å². The SMILES string of the molecule is O=[N+]([O-])c1ccc(O)cc1[C@H](C1CCOCC1)N1CCNCC1. The van der Waals surface area contributed by atoms with Gasteiger partial charge in [0.15, 0.2) is 0 Å². The Kier molecular flexibility index (Phi) is 5.09. The van der Waals surface area contributed by atoms with Gasteiger partial charge in [-0.3, -0.25) is 15.0 Å². The third kappa shape index (κ3) is 3.63. The summed E-state index contributed by atoms with van der Waals surface area (Å²) in [5, 5.41) is 24.7. The summed E-state index contributed by atoms with van der Waals surface area (Å²) in [6.45, 7) is 4.86. The molecule has 1 aromatic carbocycles. The van der Waals surface area contributed by atoms with Gasteiger partial charge in [0.1, 0.15) is 5.75 Å². The van der Waals surface area contributed by atoms with Crippen molar-refractivity contribution >= 4 is 5.69 Å². The number of aromatic hydroxyl groups is 1. The van der Waals surface area contributed by atoms with Crippen molar-refractivity contribution in [3.63, 3.8) is 0 Å². The van der Waals surface area contributed by atoms with Gasteiger partial charge in [-0.25, -0.2) is 0 Å². The molecule has 1 aromatic rings. The molecule has 2 aliphatic heterocycles. The molecular formula is C16H23N3O4. The molecule has 3 rings (SSSR count). The van der Waals surface area contributed by atoms with E-state index in [1.54, 1.807) is 6.07 Å². The predicted molar refractivity (Wildman–Crippen MR) is 85.5 cm³/mol. The molecule has 0 amide bonds. The second kappa shape index (κ2) is 7.25. The van der Waals surface area contributed by atoms with Crippen LogP contribution in [0.15, 0.2) is 18.2 Å². The number of rotatable bonds is 4. The van der Waals surface area contributed by atoms with Gasteiger partial charge >= 0.3 is 0 Å². The van der Waals surface area contributed by atoms with E-state index in [1.165, 1.54) is 12.1 Å². The molecule has 2 heterocycles. The number of nitrogens with zero attached hydrogens (tertiary/aromatic N) is 2. The second-order valence-electron chi connectivity index (χ2n) is 6.18. The molecule has 0 saturated carbocycles. The lowest BCUT2D eigenvalue weighted by molar-refractivity contribution is -0.386. The van der Waals surface area contributed by atoms with Crippen molar-refractivity contribution in [2.45, 2.75) is 18.9 Å². The molecule has 0 unspecified atom stereocenters. The van der Waals surface area contributed by atoms with Crippen molar-refractivity contribution in [2.24, 2.45) is 5.92 Å². The Labute approximate surface area is 135 Å². The molecule has 0 spiro atoms. The van der Waals surface area contributed by atoms with Crippen LogP contribution in [0.3, 0.4) is 0 Å². The van der Waals surface area contributed by atoms with Crippen LogP contribution in [0.4, 0.5) is 5.69 Å². The predicted octanol–water partition coefficient (Wildman–Crippen LogP) is 1.67. The molecule has 2 fully saturated rings. The fraction of sp³-hybridized carbons (Fsp3) is 0.625. The highest BCUT2D eigenvalue weighted by Crippen LogP contribution is 2.40. The Bertz CT molecular complexity index is 536. The number of ether oxygens (including phenoxy) is 1. The molecule has 7 heteroatoms. The summed E-state index contributed by atoms with van der Waals surface area (Å²) in [5.74, 6) is 0.389. The average Bonchev–Trinajstić information content (AvgIpc) is 2.57. The summed E-state index contributed by atoms with van der Waals surface area (Å²) in [4.78, 5) is 13.4. The summed E-state index contributed by atoms with van der Waals surface area (Å²) in [7, 11) is 0. The van der Waals surface area contributed by atoms with Gasteiger partial charge in [0.2, 0.25) is 0 Å². The average molecular weight is 321 g/mol. The van der Waals surface area contributed by atoms with Crippen molar-refractivity contribution in [1.29, 1.82) is 0 Å². The van der Waals surface area contributed by atoms with Crippen molar-refractivity contribution in [2.75, 3.05) is 39.4 Å². The largest absolute Gasteiger partial charge is 0.508 e. The van der Waals surface area contributed by atoms with E-state index >= 15 is 0 Å². The van der Waals surface area contributed by atoms with E-state index in [1.807, 2.05) is 0 Å². The Morgan fingerprint density at radius 3 is 2.65 bits per heavy atom. The van der Waals surface area contributed by atoms with Gasteiger partial charge in [0, 0.05) is 51.5 Å². The first kappa shape index (κ1) is 16.2. The van der Waals surface area contributed by atoms with Crippen LogP contribution in [-0.4, -0.2) is 54.3 Å². The highest BCUT2D eigenvalue weighted by Gasteiger charge is 2.35. The number of hydrogen-bond acceptors (Lipinski definition) is 6. The van der Waals surface area contributed by atoms with Gasteiger partial charge in [-0.2, -0.15) is 0 Å². The molecular weight excluding hydrogens is 298 g/mol. The summed E-state index contributed by atoms with van der Waals surface area (Å²) < 4.78 is 5.46. The van der Waals surface area contributed by atoms with E-state index in [4.69, 9.17) is 4.74 Å². The summed E-state index contributed by atoms with van der Waals surface area (Å²) in [6, 6.07) is 4.33. The van der Waals surface area contributed by atoms with Gasteiger partial charge < -0.3 is 15.2 Å². The molecule has 126 valence electrons. The topological polar surface area (TPSA) is 87.9 Å². The first-order chi connectivity index (χ1) is 11.2. The van der Waals surface area contributed by atoms with Crippen molar-refractivity contribution in [3.05, 3.63) is 33.9 Å². The molecule has 2 saturated heterocycles. The zero-order chi connectivity index (χ0) is 16.2. The minimum atomic E-state index is -0.344. The van der Waals surface area contributed by atoms with Gasteiger partial charge in [0.05, 0.1) is 10.5 Å². The highest BCUT2D eigenvalue weighted by atomic mass is 16.6. The van der Waals surface area contributed by atoms with Crippen molar-refractivity contribution < 1.29 is 14.8 Å². The minimum absolute atomic E-state index is 0.0477. The molecule has 2 aliphatic rings. The number of nitrogens with one attached hydrogen (secondary N) is 1. The standard InChI is InChI=1S/C16H23N3O4/c20-13-1-2-15(19(21)22)14(11-13)16(12-3-9-23-10-4-12)18-7-5-17-6-8-18/h1-2,11-12,16-17,20H,3-10H2/t16-/m0/s1. The van der Waals surface area contributed by atoms with Crippen LogP contribution in [0.25, 0.3) is 0 Å². The Morgan fingerprint density at radius 1 is 1.30 bits per heavy atom. The molecule has 7 nitrogen and oxygen atoms in total. The van der Waals surface area contributed by atoms with Crippen molar-refractivity contribution in [1.82, 2.24) is 10.2 Å². The molecule has 0 aliphatic carbocycles. The number of phenols is 1. The van der Waals surface area contributed by atoms with Crippen LogP contribution in [-0.2, 0) is 4.74 Å². The van der Waals surface area contributed by atoms with Gasteiger partial charge in [0.25, 0.3) is 5.69 Å². The zero-order valence-corrected chi connectivity index (χ0v) is 13.1. The van der Waals surface area contributed by atoms with E-state index in [2.05, 4.69) is 10.2 Å². The molecule has 23 heavy (non-hydrogen) atoms. The van der Waals surface area contributed by atoms with Crippen LogP contribution in [0, 0.1) is 16.0 Å².